The summed E-state index contributed by atoms with van der Waals surface area (Å²) < 4.78 is 4.74. The third kappa shape index (κ3) is 12.6. The third-order valence-electron chi connectivity index (χ3n) is 1.05. The molecule has 0 radical (unpaired) electrons. The standard InChI is InChI=1S/C7H15NO3S4/c1-12-5-15-6-13-2-8-7(10)11-4-14-3-9/h9H,2-6H2,1H3,(H,8,10). The van der Waals surface area contributed by atoms with Crippen LogP contribution in [0.4, 0.5) is 4.79 Å². The molecule has 0 aromatic carbocycles. The van der Waals surface area contributed by atoms with Crippen molar-refractivity contribution in [1.82, 2.24) is 5.32 Å². The van der Waals surface area contributed by atoms with E-state index in [-0.39, 0.29) is 11.9 Å². The molecule has 0 saturated heterocycles. The lowest BCUT2D eigenvalue weighted by molar-refractivity contribution is 0.167. The van der Waals surface area contributed by atoms with Gasteiger partial charge in [-0.15, -0.1) is 23.5 Å². The number of rotatable bonds is 9. The van der Waals surface area contributed by atoms with Gasteiger partial charge in [-0.3, -0.25) is 0 Å². The molecule has 0 aromatic rings. The van der Waals surface area contributed by atoms with Gasteiger partial charge in [-0.1, -0.05) is 11.8 Å². The molecule has 0 bridgehead atoms. The molecule has 4 nitrogen and oxygen atoms in total. The highest BCUT2D eigenvalue weighted by Gasteiger charge is 1.99. The monoisotopic (exact) mass is 289 g/mol. The Morgan fingerprint density at radius 2 is 2.13 bits per heavy atom. The third-order valence-corrected chi connectivity index (χ3v) is 4.81. The molecule has 1 amide bonds. The number of carbonyl (C=O) groups excluding carboxylic acids is 1. The predicted molar refractivity (Wildman–Crippen MR) is 72.5 cm³/mol. The van der Waals surface area contributed by atoms with Crippen LogP contribution in [-0.2, 0) is 4.74 Å². The van der Waals surface area contributed by atoms with Gasteiger partial charge in [-0.25, -0.2) is 4.79 Å². The van der Waals surface area contributed by atoms with Gasteiger partial charge in [0.2, 0.25) is 0 Å². The summed E-state index contributed by atoms with van der Waals surface area (Å²) in [7, 11) is 0. The van der Waals surface area contributed by atoms with Gasteiger partial charge in [0.05, 0.1) is 11.8 Å². The zero-order valence-electron chi connectivity index (χ0n) is 8.43. The number of aliphatic hydroxyl groups is 1. The van der Waals surface area contributed by atoms with Gasteiger partial charge >= 0.3 is 6.09 Å². The predicted octanol–water partition coefficient (Wildman–Crippen LogP) is 2.06. The maximum Gasteiger partial charge on any atom is 0.408 e. The Bertz CT molecular complexity index is 161. The van der Waals surface area contributed by atoms with Gasteiger partial charge in [0.25, 0.3) is 0 Å². The van der Waals surface area contributed by atoms with Gasteiger partial charge < -0.3 is 15.2 Å². The highest BCUT2D eigenvalue weighted by molar-refractivity contribution is 8.22. The van der Waals surface area contributed by atoms with E-state index in [4.69, 9.17) is 9.84 Å². The first-order chi connectivity index (χ1) is 7.31. The van der Waals surface area contributed by atoms with Gasteiger partial charge in [0.1, 0.15) is 5.94 Å². The SMILES string of the molecule is CSCSCSCNC(=O)OCSCO. The van der Waals surface area contributed by atoms with Crippen molar-refractivity contribution in [2.45, 2.75) is 0 Å². The normalized spacial score (nSPS) is 10.0. The van der Waals surface area contributed by atoms with E-state index in [0.29, 0.717) is 5.88 Å². The average Bonchev–Trinajstić information content (AvgIpc) is 2.23. The van der Waals surface area contributed by atoms with Crippen LogP contribution < -0.4 is 5.32 Å². The molecule has 0 aliphatic heterocycles. The fraction of sp³-hybridized carbons (Fsp3) is 0.857. The smallest absolute Gasteiger partial charge is 0.408 e. The first-order valence-electron chi connectivity index (χ1n) is 4.05. The Morgan fingerprint density at radius 1 is 1.33 bits per heavy atom. The Kier molecular flexibility index (Phi) is 13.2. The molecule has 15 heavy (non-hydrogen) atoms. The number of hydrogen-bond acceptors (Lipinski definition) is 7. The summed E-state index contributed by atoms with van der Waals surface area (Å²) in [6, 6.07) is 0. The Morgan fingerprint density at radius 3 is 2.80 bits per heavy atom. The molecule has 0 aromatic heterocycles. The maximum atomic E-state index is 11.0. The van der Waals surface area contributed by atoms with Crippen LogP contribution in [0.3, 0.4) is 0 Å². The van der Waals surface area contributed by atoms with Crippen molar-refractivity contribution in [2.75, 3.05) is 34.2 Å². The zero-order chi connectivity index (χ0) is 11.4. The molecule has 0 spiro atoms. The largest absolute Gasteiger partial charge is 0.438 e. The molecule has 0 saturated carbocycles. The first-order valence-corrected chi connectivity index (χ1v) is 8.90. The molecule has 0 aliphatic rings. The van der Waals surface area contributed by atoms with Gasteiger partial charge in [0, 0.05) is 10.2 Å². The topological polar surface area (TPSA) is 58.6 Å². The molecule has 0 rings (SSSR count). The summed E-state index contributed by atoms with van der Waals surface area (Å²) in [6.45, 7) is 0. The molecular weight excluding hydrogens is 274 g/mol. The number of amides is 1. The van der Waals surface area contributed by atoms with Crippen molar-refractivity contribution in [3.8, 4) is 0 Å². The van der Waals surface area contributed by atoms with E-state index in [1.807, 2.05) is 11.8 Å². The fourth-order valence-corrected chi connectivity index (χ4v) is 3.35. The van der Waals surface area contributed by atoms with Gasteiger partial charge in [-0.2, -0.15) is 11.8 Å². The molecule has 0 aliphatic carbocycles. The minimum absolute atomic E-state index is 0.0344. The van der Waals surface area contributed by atoms with Crippen molar-refractivity contribution in [2.24, 2.45) is 0 Å². The minimum Gasteiger partial charge on any atom is -0.438 e. The first kappa shape index (κ1) is 15.6. The van der Waals surface area contributed by atoms with E-state index in [0.717, 1.165) is 21.9 Å². The molecular formula is C7H15NO3S4. The molecule has 2 N–H and O–H groups in total. The lowest BCUT2D eigenvalue weighted by Crippen LogP contribution is -2.23. The quantitative estimate of drug-likeness (QED) is 0.497. The van der Waals surface area contributed by atoms with Crippen LogP contribution in [-0.4, -0.2) is 45.4 Å². The molecule has 0 heterocycles. The van der Waals surface area contributed by atoms with Crippen LogP contribution in [0, 0.1) is 0 Å². The average molecular weight is 289 g/mol. The van der Waals surface area contributed by atoms with E-state index < -0.39 is 6.09 Å². The number of nitrogens with one attached hydrogen (secondary N) is 1. The molecule has 0 fully saturated rings. The van der Waals surface area contributed by atoms with Crippen molar-refractivity contribution in [3.63, 3.8) is 0 Å². The summed E-state index contributed by atoms with van der Waals surface area (Å²) in [4.78, 5) is 11.0. The maximum absolute atomic E-state index is 11.0. The Labute approximate surface area is 107 Å². The van der Waals surface area contributed by atoms with Crippen molar-refractivity contribution in [3.05, 3.63) is 0 Å². The van der Waals surface area contributed by atoms with Crippen LogP contribution in [0.2, 0.25) is 0 Å². The van der Waals surface area contributed by atoms with E-state index in [1.54, 1.807) is 23.5 Å². The Hall–Kier alpha value is 0.630. The number of alkyl carbamates (subject to hydrolysis) is 1. The summed E-state index contributed by atoms with van der Waals surface area (Å²) >= 11 is 6.40. The van der Waals surface area contributed by atoms with E-state index in [9.17, 15) is 4.79 Å². The number of carbonyl (C=O) groups is 1. The van der Waals surface area contributed by atoms with E-state index in [2.05, 4.69) is 11.6 Å². The molecule has 90 valence electrons. The van der Waals surface area contributed by atoms with Crippen molar-refractivity contribution in [1.29, 1.82) is 0 Å². The van der Waals surface area contributed by atoms with Crippen molar-refractivity contribution < 1.29 is 14.6 Å². The lowest BCUT2D eigenvalue weighted by atomic mass is 11.1. The summed E-state index contributed by atoms with van der Waals surface area (Å²) in [6.07, 6.45) is 1.63. The number of aliphatic hydroxyl groups excluding tert-OH is 1. The fourth-order valence-electron chi connectivity index (χ4n) is 0.511. The summed E-state index contributed by atoms with van der Waals surface area (Å²) in [5.74, 6) is 0.714. The second-order valence-electron chi connectivity index (χ2n) is 2.14. The number of hydrogen-bond donors (Lipinski definition) is 2. The second-order valence-corrected chi connectivity index (χ2v) is 6.61. The van der Waals surface area contributed by atoms with Crippen LogP contribution >= 0.6 is 47.0 Å². The van der Waals surface area contributed by atoms with Crippen LogP contribution in [0.5, 0.6) is 0 Å². The highest BCUT2D eigenvalue weighted by Crippen LogP contribution is 2.14. The number of ether oxygens (including phenoxy) is 1. The van der Waals surface area contributed by atoms with Crippen molar-refractivity contribution >= 4 is 53.1 Å². The summed E-state index contributed by atoms with van der Waals surface area (Å²) in [5.41, 5.74) is 0. The van der Waals surface area contributed by atoms with Crippen LogP contribution in [0.1, 0.15) is 0 Å². The second kappa shape index (κ2) is 12.7. The molecule has 0 atom stereocenters. The Balaban J connectivity index is 3.10. The lowest BCUT2D eigenvalue weighted by Gasteiger charge is -2.05. The van der Waals surface area contributed by atoms with E-state index >= 15 is 0 Å². The summed E-state index contributed by atoms with van der Waals surface area (Å²) in [5, 5.41) is 13.1. The minimum atomic E-state index is -0.432. The highest BCUT2D eigenvalue weighted by atomic mass is 32.2. The van der Waals surface area contributed by atoms with Crippen LogP contribution in [0.25, 0.3) is 0 Å². The zero-order valence-corrected chi connectivity index (χ0v) is 11.7. The van der Waals surface area contributed by atoms with Crippen LogP contribution in [0.15, 0.2) is 0 Å². The van der Waals surface area contributed by atoms with Gasteiger partial charge in [0.15, 0.2) is 0 Å². The number of thioether (sulfide) groups is 4. The molecule has 0 unspecified atom stereocenters. The van der Waals surface area contributed by atoms with E-state index in [1.165, 1.54) is 0 Å². The van der Waals surface area contributed by atoms with Gasteiger partial charge in [-0.05, 0) is 6.26 Å². The molecule has 8 heteroatoms.